The zero-order chi connectivity index (χ0) is 39.3. The Bertz CT molecular complexity index is 710. The number of nitrogens with one attached hydrogen (secondary N) is 1. The van der Waals surface area contributed by atoms with Crippen molar-refractivity contribution >= 4 is 6.09 Å². The van der Waals surface area contributed by atoms with Crippen molar-refractivity contribution in [1.29, 1.82) is 0 Å². The summed E-state index contributed by atoms with van der Waals surface area (Å²) in [5.74, 6) is 0. The van der Waals surface area contributed by atoms with Gasteiger partial charge in [0.05, 0.1) is 19.3 Å². The van der Waals surface area contributed by atoms with Crippen LogP contribution in [0.4, 0.5) is 4.79 Å². The van der Waals surface area contributed by atoms with Gasteiger partial charge in [-0.05, 0) is 26.2 Å². The summed E-state index contributed by atoms with van der Waals surface area (Å²) in [4.78, 5) is 12.4. The molecule has 7 nitrogen and oxygen atoms in total. The molecule has 0 aliphatic carbocycles. The number of unbranched alkanes of at least 4 members (excludes halogenated alkanes) is 30. The van der Waals surface area contributed by atoms with E-state index in [4.69, 9.17) is 23.7 Å². The number of alkyl carbamates (subject to hydrolysis) is 1. The Balaban J connectivity index is 4.09. The largest absolute Gasteiger partial charge is 0.447 e. The minimum absolute atomic E-state index is 0.121. The molecular formula is C47H95NO6. The first-order valence-electron chi connectivity index (χ1n) is 23.9. The van der Waals surface area contributed by atoms with Crippen LogP contribution in [0.3, 0.4) is 0 Å². The van der Waals surface area contributed by atoms with E-state index in [2.05, 4.69) is 26.1 Å². The molecule has 0 aliphatic rings. The Morgan fingerprint density at radius 3 is 1.20 bits per heavy atom. The molecule has 0 bridgehead atoms. The first-order valence-corrected chi connectivity index (χ1v) is 23.9. The number of ether oxygens (including phenoxy) is 5. The maximum absolute atomic E-state index is 12.4. The van der Waals surface area contributed by atoms with Gasteiger partial charge in [-0.15, -0.1) is 0 Å². The van der Waals surface area contributed by atoms with E-state index in [1.54, 1.807) is 7.11 Å². The summed E-state index contributed by atoms with van der Waals surface area (Å²) in [6.45, 7) is 10.5. The van der Waals surface area contributed by atoms with Gasteiger partial charge in [-0.3, -0.25) is 0 Å². The molecule has 324 valence electrons. The second-order valence-electron chi connectivity index (χ2n) is 16.1. The van der Waals surface area contributed by atoms with Crippen LogP contribution >= 0.6 is 0 Å². The number of carbonyl (C=O) groups excluding carboxylic acids is 1. The summed E-state index contributed by atoms with van der Waals surface area (Å²) in [5, 5.41) is 2.83. The molecule has 0 aromatic heterocycles. The fraction of sp³-hybridized carbons (Fsp3) is 0.979. The van der Waals surface area contributed by atoms with Crippen LogP contribution in [-0.2, 0) is 23.7 Å². The van der Waals surface area contributed by atoms with Crippen molar-refractivity contribution in [2.75, 3.05) is 53.3 Å². The molecule has 0 aromatic rings. The number of methoxy groups -OCH3 is 1. The summed E-state index contributed by atoms with van der Waals surface area (Å²) in [6.07, 6.45) is 43.4. The first kappa shape index (κ1) is 53.1. The predicted octanol–water partition coefficient (Wildman–Crippen LogP) is 14.1. The summed E-state index contributed by atoms with van der Waals surface area (Å²) in [5.41, 5.74) is 0. The van der Waals surface area contributed by atoms with Gasteiger partial charge in [-0.25, -0.2) is 4.79 Å². The number of carbonyl (C=O) groups is 1. The van der Waals surface area contributed by atoms with Gasteiger partial charge in [0.25, 0.3) is 0 Å². The van der Waals surface area contributed by atoms with Crippen molar-refractivity contribution in [3.8, 4) is 0 Å². The van der Waals surface area contributed by atoms with E-state index in [0.29, 0.717) is 33.0 Å². The minimum atomic E-state index is -0.409. The molecular weight excluding hydrogens is 675 g/mol. The molecule has 0 saturated carbocycles. The van der Waals surface area contributed by atoms with E-state index in [1.807, 2.05) is 0 Å². The van der Waals surface area contributed by atoms with Gasteiger partial charge in [0.15, 0.2) is 0 Å². The highest BCUT2D eigenvalue weighted by Crippen LogP contribution is 2.16. The van der Waals surface area contributed by atoms with Gasteiger partial charge in [0.2, 0.25) is 0 Å². The van der Waals surface area contributed by atoms with Crippen LogP contribution in [0.2, 0.25) is 0 Å². The van der Waals surface area contributed by atoms with Gasteiger partial charge in [0.1, 0.15) is 12.7 Å². The summed E-state index contributed by atoms with van der Waals surface area (Å²) in [6, 6.07) is 0. The Kier molecular flexibility index (Phi) is 45.7. The lowest BCUT2D eigenvalue weighted by molar-refractivity contribution is -0.0876. The van der Waals surface area contributed by atoms with Crippen LogP contribution < -0.4 is 5.32 Å². The second kappa shape index (κ2) is 46.5. The Hall–Kier alpha value is -0.890. The molecule has 0 spiro atoms. The summed E-state index contributed by atoms with van der Waals surface area (Å²) < 4.78 is 28.5. The third kappa shape index (κ3) is 42.3. The van der Waals surface area contributed by atoms with Crippen LogP contribution in [-0.4, -0.2) is 71.6 Å². The van der Waals surface area contributed by atoms with E-state index in [1.165, 1.54) is 193 Å². The number of amides is 1. The lowest BCUT2D eigenvalue weighted by Crippen LogP contribution is -2.37. The van der Waals surface area contributed by atoms with Crippen LogP contribution in [0, 0.1) is 0 Å². The predicted molar refractivity (Wildman–Crippen MR) is 231 cm³/mol. The van der Waals surface area contributed by atoms with Crippen molar-refractivity contribution in [1.82, 2.24) is 5.32 Å². The molecule has 0 rings (SSSR count). The maximum atomic E-state index is 12.4. The number of hydrogen-bond acceptors (Lipinski definition) is 6. The van der Waals surface area contributed by atoms with Gasteiger partial charge >= 0.3 is 6.09 Å². The van der Waals surface area contributed by atoms with Crippen LogP contribution in [0.1, 0.15) is 233 Å². The lowest BCUT2D eigenvalue weighted by Gasteiger charge is -2.24. The SMILES string of the molecule is CCCCCCCCCCCCCCCCCCOC(C)C(COC(=O)NCCCOCCOC)OCCCCCCCCCCCCCCCCCC. The third-order valence-electron chi connectivity index (χ3n) is 10.8. The molecule has 2 unspecified atom stereocenters. The topological polar surface area (TPSA) is 75.3 Å². The lowest BCUT2D eigenvalue weighted by atomic mass is 10.0. The molecule has 1 amide bonds. The third-order valence-corrected chi connectivity index (χ3v) is 10.8. The molecule has 0 saturated heterocycles. The molecule has 0 heterocycles. The van der Waals surface area contributed by atoms with E-state index in [-0.39, 0.29) is 18.8 Å². The zero-order valence-electron chi connectivity index (χ0n) is 36.9. The number of rotatable bonds is 46. The van der Waals surface area contributed by atoms with Crippen LogP contribution in [0.25, 0.3) is 0 Å². The molecule has 2 atom stereocenters. The van der Waals surface area contributed by atoms with E-state index < -0.39 is 6.09 Å². The summed E-state index contributed by atoms with van der Waals surface area (Å²) in [7, 11) is 1.66. The van der Waals surface area contributed by atoms with Crippen molar-refractivity contribution in [3.05, 3.63) is 0 Å². The van der Waals surface area contributed by atoms with Crippen molar-refractivity contribution in [3.63, 3.8) is 0 Å². The van der Waals surface area contributed by atoms with Crippen LogP contribution in [0.5, 0.6) is 0 Å². The van der Waals surface area contributed by atoms with E-state index in [9.17, 15) is 4.79 Å². The van der Waals surface area contributed by atoms with Crippen LogP contribution in [0.15, 0.2) is 0 Å². The monoisotopic (exact) mass is 770 g/mol. The first-order chi connectivity index (χ1) is 26.7. The summed E-state index contributed by atoms with van der Waals surface area (Å²) >= 11 is 0. The second-order valence-corrected chi connectivity index (χ2v) is 16.1. The molecule has 7 heteroatoms. The highest BCUT2D eigenvalue weighted by atomic mass is 16.6. The molecule has 54 heavy (non-hydrogen) atoms. The van der Waals surface area contributed by atoms with Gasteiger partial charge in [0, 0.05) is 33.5 Å². The molecule has 1 N–H and O–H groups in total. The van der Waals surface area contributed by atoms with Crippen molar-refractivity contribution in [2.45, 2.75) is 245 Å². The van der Waals surface area contributed by atoms with E-state index in [0.717, 1.165) is 25.9 Å². The highest BCUT2D eigenvalue weighted by molar-refractivity contribution is 5.67. The zero-order valence-corrected chi connectivity index (χ0v) is 36.9. The van der Waals surface area contributed by atoms with Crippen molar-refractivity contribution in [2.24, 2.45) is 0 Å². The smallest absolute Gasteiger partial charge is 0.407 e. The average Bonchev–Trinajstić information content (AvgIpc) is 3.17. The number of hydrogen-bond donors (Lipinski definition) is 1. The molecule has 0 radical (unpaired) electrons. The van der Waals surface area contributed by atoms with Gasteiger partial charge in [-0.2, -0.15) is 0 Å². The van der Waals surface area contributed by atoms with E-state index >= 15 is 0 Å². The maximum Gasteiger partial charge on any atom is 0.407 e. The standard InChI is InChI=1S/C47H95NO6/c1-5-7-9-11-13-15-17-19-21-23-25-27-29-31-33-35-40-52-45(3)46(44-54-47(49)48-38-37-39-51-43-42-50-4)53-41-36-34-32-30-28-26-24-22-20-18-16-14-12-10-8-6-2/h45-46H,5-44H2,1-4H3,(H,48,49). The quantitative estimate of drug-likeness (QED) is 0.0622. The van der Waals surface area contributed by atoms with Crippen molar-refractivity contribution < 1.29 is 28.5 Å². The fourth-order valence-electron chi connectivity index (χ4n) is 7.05. The van der Waals surface area contributed by atoms with Gasteiger partial charge < -0.3 is 29.0 Å². The Morgan fingerprint density at radius 2 is 0.815 bits per heavy atom. The highest BCUT2D eigenvalue weighted by Gasteiger charge is 2.21. The normalized spacial score (nSPS) is 12.7. The molecule has 0 aliphatic heterocycles. The Labute approximate surface area is 337 Å². The Morgan fingerprint density at radius 1 is 0.444 bits per heavy atom. The minimum Gasteiger partial charge on any atom is -0.447 e. The molecule has 0 aromatic carbocycles. The molecule has 0 fully saturated rings. The average molecular weight is 770 g/mol. The van der Waals surface area contributed by atoms with Gasteiger partial charge in [-0.1, -0.05) is 206 Å². The fourth-order valence-corrected chi connectivity index (χ4v) is 7.05.